The van der Waals surface area contributed by atoms with Crippen LogP contribution in [0, 0.1) is 0 Å². The van der Waals surface area contributed by atoms with Gasteiger partial charge in [-0.2, -0.15) is 9.61 Å². The van der Waals surface area contributed by atoms with Crippen molar-refractivity contribution in [3.63, 3.8) is 0 Å². The number of hydrogen-bond donors (Lipinski definition) is 2. The molecule has 5 nitrogen and oxygen atoms in total. The molecule has 1 saturated heterocycles. The van der Waals surface area contributed by atoms with Gasteiger partial charge in [-0.3, -0.25) is 0 Å². The van der Waals surface area contributed by atoms with Gasteiger partial charge in [0.15, 0.2) is 5.65 Å². The van der Waals surface area contributed by atoms with Gasteiger partial charge in [0, 0.05) is 24.1 Å². The smallest absolute Gasteiger partial charge is 0.164 e. The van der Waals surface area contributed by atoms with Gasteiger partial charge in [-0.1, -0.05) is 36.4 Å². The molecule has 1 aliphatic heterocycles. The molecule has 1 atom stereocenters. The molecule has 0 radical (unpaired) electrons. The van der Waals surface area contributed by atoms with Gasteiger partial charge in [0.05, 0.1) is 11.9 Å². The molecule has 1 unspecified atom stereocenters. The number of nitrogen functional groups attached to an aromatic ring is 1. The summed E-state index contributed by atoms with van der Waals surface area (Å²) in [5, 5.41) is 7.82. The Balaban J connectivity index is 1.71. The van der Waals surface area contributed by atoms with Crippen molar-refractivity contribution < 1.29 is 0 Å². The van der Waals surface area contributed by atoms with Crippen molar-refractivity contribution in [1.82, 2.24) is 19.9 Å². The van der Waals surface area contributed by atoms with E-state index in [1.165, 1.54) is 6.42 Å². The van der Waals surface area contributed by atoms with E-state index in [4.69, 9.17) is 10.7 Å². The van der Waals surface area contributed by atoms with Gasteiger partial charge in [0.25, 0.3) is 0 Å². The van der Waals surface area contributed by atoms with E-state index >= 15 is 0 Å². The Morgan fingerprint density at radius 2 is 2.08 bits per heavy atom. The van der Waals surface area contributed by atoms with Gasteiger partial charge in [-0.05, 0) is 31.0 Å². The van der Waals surface area contributed by atoms with Crippen LogP contribution in [0.25, 0.3) is 17.8 Å². The standard InChI is InChI=1S/C19H21N5/c20-18-11-17(15-7-4-10-21-12-15)23-19-16(13-22-24(18)19)9-8-14-5-2-1-3-6-14/h1-3,5-6,8-9,11,13,15,21H,4,7,10,12,20H2/b9-8+. The van der Waals surface area contributed by atoms with E-state index in [0.717, 1.165) is 42.0 Å². The topological polar surface area (TPSA) is 68.2 Å². The fourth-order valence-electron chi connectivity index (χ4n) is 3.20. The van der Waals surface area contributed by atoms with Crippen LogP contribution in [0.2, 0.25) is 0 Å². The Bertz CT molecular complexity index is 860. The average Bonchev–Trinajstić information content (AvgIpc) is 3.05. The lowest BCUT2D eigenvalue weighted by Gasteiger charge is -2.22. The molecule has 0 saturated carbocycles. The van der Waals surface area contributed by atoms with E-state index in [2.05, 4.69) is 28.6 Å². The Hall–Kier alpha value is -2.66. The summed E-state index contributed by atoms with van der Waals surface area (Å²) in [4.78, 5) is 4.86. The molecule has 1 aliphatic rings. The number of anilines is 1. The van der Waals surface area contributed by atoms with Gasteiger partial charge in [-0.25, -0.2) is 4.98 Å². The highest BCUT2D eigenvalue weighted by molar-refractivity contribution is 5.76. The summed E-state index contributed by atoms with van der Waals surface area (Å²) in [6, 6.07) is 12.2. The van der Waals surface area contributed by atoms with Crippen LogP contribution in [0.5, 0.6) is 0 Å². The van der Waals surface area contributed by atoms with Crippen molar-refractivity contribution in [2.75, 3.05) is 18.8 Å². The maximum atomic E-state index is 6.20. The molecule has 3 N–H and O–H groups in total. The summed E-state index contributed by atoms with van der Waals surface area (Å²) in [7, 11) is 0. The SMILES string of the molecule is Nc1cc(C2CCCNC2)nc2c(/C=C/c3ccccc3)cnn12. The summed E-state index contributed by atoms with van der Waals surface area (Å²) >= 11 is 0. The minimum Gasteiger partial charge on any atom is -0.384 e. The second kappa shape index (κ2) is 6.45. The minimum absolute atomic E-state index is 0.423. The number of nitrogens with two attached hydrogens (primary N) is 1. The van der Waals surface area contributed by atoms with E-state index in [-0.39, 0.29) is 0 Å². The lowest BCUT2D eigenvalue weighted by Crippen LogP contribution is -2.29. The molecule has 4 rings (SSSR count). The summed E-state index contributed by atoms with van der Waals surface area (Å²) in [6.45, 7) is 2.05. The highest BCUT2D eigenvalue weighted by Crippen LogP contribution is 2.25. The van der Waals surface area contributed by atoms with Crippen LogP contribution in [0.3, 0.4) is 0 Å². The number of benzene rings is 1. The van der Waals surface area contributed by atoms with Crippen molar-refractivity contribution in [1.29, 1.82) is 0 Å². The Kier molecular flexibility index (Phi) is 4.01. The van der Waals surface area contributed by atoms with Crippen molar-refractivity contribution in [3.05, 3.63) is 59.4 Å². The summed E-state index contributed by atoms with van der Waals surface area (Å²) in [5.41, 5.74) is 10.2. The quantitative estimate of drug-likeness (QED) is 0.779. The number of rotatable bonds is 3. The molecule has 3 aromatic rings. The van der Waals surface area contributed by atoms with E-state index in [1.54, 1.807) is 4.52 Å². The van der Waals surface area contributed by atoms with Crippen molar-refractivity contribution >= 4 is 23.6 Å². The van der Waals surface area contributed by atoms with Crippen LogP contribution in [-0.4, -0.2) is 27.7 Å². The zero-order valence-corrected chi connectivity index (χ0v) is 13.5. The average molecular weight is 319 g/mol. The minimum atomic E-state index is 0.423. The number of aromatic nitrogens is 3. The van der Waals surface area contributed by atoms with Crippen LogP contribution in [0.4, 0.5) is 5.82 Å². The van der Waals surface area contributed by atoms with E-state index in [9.17, 15) is 0 Å². The van der Waals surface area contributed by atoms with Crippen molar-refractivity contribution in [2.45, 2.75) is 18.8 Å². The molecule has 3 heterocycles. The molecule has 1 fully saturated rings. The first-order valence-electron chi connectivity index (χ1n) is 8.39. The van der Waals surface area contributed by atoms with Gasteiger partial charge in [-0.15, -0.1) is 0 Å². The maximum Gasteiger partial charge on any atom is 0.164 e. The maximum absolute atomic E-state index is 6.20. The zero-order valence-electron chi connectivity index (χ0n) is 13.5. The molecule has 0 bridgehead atoms. The largest absolute Gasteiger partial charge is 0.384 e. The Labute approximate surface area is 141 Å². The molecule has 0 amide bonds. The number of hydrogen-bond acceptors (Lipinski definition) is 4. The summed E-state index contributed by atoms with van der Waals surface area (Å²) < 4.78 is 1.71. The number of piperidine rings is 1. The third kappa shape index (κ3) is 2.90. The van der Waals surface area contributed by atoms with Crippen LogP contribution in [0.15, 0.2) is 42.6 Å². The van der Waals surface area contributed by atoms with Gasteiger partial charge < -0.3 is 11.1 Å². The first-order valence-corrected chi connectivity index (χ1v) is 8.39. The van der Waals surface area contributed by atoms with Crippen molar-refractivity contribution in [3.8, 4) is 0 Å². The van der Waals surface area contributed by atoms with Gasteiger partial charge in [0.2, 0.25) is 0 Å². The Morgan fingerprint density at radius 3 is 2.88 bits per heavy atom. The van der Waals surface area contributed by atoms with Crippen LogP contribution >= 0.6 is 0 Å². The second-order valence-corrected chi connectivity index (χ2v) is 6.23. The fourth-order valence-corrected chi connectivity index (χ4v) is 3.20. The van der Waals surface area contributed by atoms with E-state index in [1.807, 2.05) is 36.5 Å². The molecule has 122 valence electrons. The number of nitrogens with one attached hydrogen (secondary N) is 1. The lowest BCUT2D eigenvalue weighted by molar-refractivity contribution is 0.455. The molecule has 0 aliphatic carbocycles. The fraction of sp³-hybridized carbons (Fsp3) is 0.263. The van der Waals surface area contributed by atoms with Gasteiger partial charge >= 0.3 is 0 Å². The summed E-state index contributed by atoms with van der Waals surface area (Å²) in [6.07, 6.45) is 8.27. The lowest BCUT2D eigenvalue weighted by atomic mass is 9.96. The first kappa shape index (κ1) is 14.9. The van der Waals surface area contributed by atoms with E-state index in [0.29, 0.717) is 11.7 Å². The normalized spacial score (nSPS) is 18.4. The third-order valence-electron chi connectivity index (χ3n) is 4.52. The molecule has 0 spiro atoms. The van der Waals surface area contributed by atoms with Crippen LogP contribution in [-0.2, 0) is 0 Å². The Morgan fingerprint density at radius 1 is 1.21 bits per heavy atom. The molecule has 5 heteroatoms. The number of fused-ring (bicyclic) bond motifs is 1. The molecular weight excluding hydrogens is 298 g/mol. The summed E-state index contributed by atoms with van der Waals surface area (Å²) in [5.74, 6) is 1.06. The monoisotopic (exact) mass is 319 g/mol. The van der Waals surface area contributed by atoms with Crippen LogP contribution < -0.4 is 11.1 Å². The second-order valence-electron chi connectivity index (χ2n) is 6.23. The van der Waals surface area contributed by atoms with Gasteiger partial charge in [0.1, 0.15) is 5.82 Å². The van der Waals surface area contributed by atoms with Crippen LogP contribution in [0.1, 0.15) is 35.6 Å². The van der Waals surface area contributed by atoms with Crippen molar-refractivity contribution in [2.24, 2.45) is 0 Å². The predicted octanol–water partition coefficient (Wildman–Crippen LogP) is 2.95. The molecule has 2 aromatic heterocycles. The molecule has 1 aromatic carbocycles. The highest BCUT2D eigenvalue weighted by Gasteiger charge is 2.18. The third-order valence-corrected chi connectivity index (χ3v) is 4.52. The zero-order chi connectivity index (χ0) is 16.4. The molecule has 24 heavy (non-hydrogen) atoms. The number of nitrogens with zero attached hydrogens (tertiary/aromatic N) is 3. The van der Waals surface area contributed by atoms with E-state index < -0.39 is 0 Å². The molecular formula is C19H21N5. The highest BCUT2D eigenvalue weighted by atomic mass is 15.3. The predicted molar refractivity (Wildman–Crippen MR) is 97.6 cm³/mol. The first-order chi connectivity index (χ1) is 11.8.